The minimum Gasteiger partial charge on any atom is -0.306 e. The SMILES string of the molecule is CCNC(c1ccnnc1)c1cccc(Cl)c1Cl. The zero-order valence-corrected chi connectivity index (χ0v) is 11.4. The quantitative estimate of drug-likeness (QED) is 0.932. The number of nitrogens with zero attached hydrogens (tertiary/aromatic N) is 2. The van der Waals surface area contributed by atoms with Gasteiger partial charge in [-0.05, 0) is 29.8 Å². The van der Waals surface area contributed by atoms with E-state index in [0.717, 1.165) is 17.7 Å². The Labute approximate surface area is 116 Å². The minimum atomic E-state index is -0.0308. The Morgan fingerprint density at radius 3 is 2.72 bits per heavy atom. The molecule has 2 aromatic rings. The van der Waals surface area contributed by atoms with Crippen LogP contribution in [0.3, 0.4) is 0 Å². The Bertz CT molecular complexity index is 517. The van der Waals surface area contributed by atoms with E-state index in [1.807, 2.05) is 25.1 Å². The molecule has 0 radical (unpaired) electrons. The van der Waals surface area contributed by atoms with E-state index in [4.69, 9.17) is 23.2 Å². The Morgan fingerprint density at radius 2 is 2.06 bits per heavy atom. The zero-order chi connectivity index (χ0) is 13.0. The van der Waals surface area contributed by atoms with Crippen molar-refractivity contribution in [2.24, 2.45) is 0 Å². The lowest BCUT2D eigenvalue weighted by molar-refractivity contribution is 0.626. The summed E-state index contributed by atoms with van der Waals surface area (Å²) in [6, 6.07) is 7.51. The highest BCUT2D eigenvalue weighted by molar-refractivity contribution is 6.42. The lowest BCUT2D eigenvalue weighted by Gasteiger charge is -2.19. The van der Waals surface area contributed by atoms with Crippen LogP contribution in [0.5, 0.6) is 0 Å². The molecule has 0 saturated heterocycles. The average molecular weight is 282 g/mol. The first kappa shape index (κ1) is 13.3. The van der Waals surface area contributed by atoms with Gasteiger partial charge in [0.05, 0.1) is 22.3 Å². The van der Waals surface area contributed by atoms with E-state index < -0.39 is 0 Å². The van der Waals surface area contributed by atoms with Crippen molar-refractivity contribution in [1.82, 2.24) is 15.5 Å². The monoisotopic (exact) mass is 281 g/mol. The van der Waals surface area contributed by atoms with Gasteiger partial charge in [-0.25, -0.2) is 0 Å². The van der Waals surface area contributed by atoms with Gasteiger partial charge in [-0.1, -0.05) is 42.3 Å². The van der Waals surface area contributed by atoms with Crippen LogP contribution in [0.2, 0.25) is 10.0 Å². The van der Waals surface area contributed by atoms with Crippen LogP contribution >= 0.6 is 23.2 Å². The Kier molecular flexibility index (Phi) is 4.53. The van der Waals surface area contributed by atoms with Gasteiger partial charge in [-0.2, -0.15) is 10.2 Å². The second kappa shape index (κ2) is 6.14. The van der Waals surface area contributed by atoms with Crippen LogP contribution in [-0.2, 0) is 0 Å². The molecule has 0 aliphatic heterocycles. The van der Waals surface area contributed by atoms with E-state index in [0.29, 0.717) is 10.0 Å². The minimum absolute atomic E-state index is 0.0308. The molecular formula is C13H13Cl2N3. The van der Waals surface area contributed by atoms with Gasteiger partial charge in [0.15, 0.2) is 0 Å². The molecule has 1 atom stereocenters. The summed E-state index contributed by atoms with van der Waals surface area (Å²) in [5.41, 5.74) is 1.95. The molecule has 0 bridgehead atoms. The number of hydrogen-bond donors (Lipinski definition) is 1. The standard InChI is InChI=1S/C13H13Cl2N3/c1-2-16-13(9-6-7-17-18-8-9)10-4-3-5-11(14)12(10)15/h3-8,13,16H,2H2,1H3. The second-order valence-corrected chi connectivity index (χ2v) is 4.59. The van der Waals surface area contributed by atoms with Crippen molar-refractivity contribution in [3.05, 3.63) is 57.8 Å². The van der Waals surface area contributed by atoms with Crippen LogP contribution in [0.15, 0.2) is 36.7 Å². The summed E-state index contributed by atoms with van der Waals surface area (Å²) in [5, 5.41) is 12.2. The van der Waals surface area contributed by atoms with Crippen molar-refractivity contribution in [2.75, 3.05) is 6.54 Å². The van der Waals surface area contributed by atoms with Gasteiger partial charge in [0.1, 0.15) is 0 Å². The summed E-state index contributed by atoms with van der Waals surface area (Å²) in [4.78, 5) is 0. The molecule has 0 saturated carbocycles. The predicted octanol–water partition coefficient (Wildman–Crippen LogP) is 3.48. The first-order valence-electron chi connectivity index (χ1n) is 5.68. The van der Waals surface area contributed by atoms with Crippen molar-refractivity contribution in [3.63, 3.8) is 0 Å². The molecule has 1 N–H and O–H groups in total. The molecule has 0 aliphatic carbocycles. The molecule has 3 nitrogen and oxygen atoms in total. The van der Waals surface area contributed by atoms with E-state index >= 15 is 0 Å². The lowest BCUT2D eigenvalue weighted by Crippen LogP contribution is -2.22. The van der Waals surface area contributed by atoms with Gasteiger partial charge < -0.3 is 5.32 Å². The molecule has 18 heavy (non-hydrogen) atoms. The van der Waals surface area contributed by atoms with Crippen LogP contribution in [0, 0.1) is 0 Å². The number of halogens is 2. The van der Waals surface area contributed by atoms with Gasteiger partial charge in [0, 0.05) is 6.20 Å². The topological polar surface area (TPSA) is 37.8 Å². The van der Waals surface area contributed by atoms with Gasteiger partial charge in [-0.3, -0.25) is 0 Å². The molecule has 1 unspecified atom stereocenters. The van der Waals surface area contributed by atoms with Crippen LogP contribution in [0.4, 0.5) is 0 Å². The number of aromatic nitrogens is 2. The van der Waals surface area contributed by atoms with E-state index in [-0.39, 0.29) is 6.04 Å². The lowest BCUT2D eigenvalue weighted by atomic mass is 10.0. The first-order valence-corrected chi connectivity index (χ1v) is 6.43. The van der Waals surface area contributed by atoms with Gasteiger partial charge in [0.2, 0.25) is 0 Å². The Morgan fingerprint density at radius 1 is 1.22 bits per heavy atom. The summed E-state index contributed by atoms with van der Waals surface area (Å²) in [5.74, 6) is 0. The molecular weight excluding hydrogens is 269 g/mol. The normalized spacial score (nSPS) is 12.4. The molecule has 5 heteroatoms. The number of hydrogen-bond acceptors (Lipinski definition) is 3. The summed E-state index contributed by atoms with van der Waals surface area (Å²) < 4.78 is 0. The summed E-state index contributed by atoms with van der Waals surface area (Å²) in [6.45, 7) is 2.86. The fourth-order valence-corrected chi connectivity index (χ4v) is 2.24. The highest BCUT2D eigenvalue weighted by Crippen LogP contribution is 2.32. The van der Waals surface area contributed by atoms with Crippen molar-refractivity contribution < 1.29 is 0 Å². The third-order valence-electron chi connectivity index (χ3n) is 2.64. The molecule has 1 aromatic carbocycles. The molecule has 1 heterocycles. The van der Waals surface area contributed by atoms with E-state index in [1.54, 1.807) is 18.5 Å². The molecule has 1 aromatic heterocycles. The molecule has 0 aliphatic rings. The van der Waals surface area contributed by atoms with Gasteiger partial charge in [0.25, 0.3) is 0 Å². The summed E-state index contributed by atoms with van der Waals surface area (Å²) in [6.07, 6.45) is 3.39. The summed E-state index contributed by atoms with van der Waals surface area (Å²) in [7, 11) is 0. The fraction of sp³-hybridized carbons (Fsp3) is 0.231. The van der Waals surface area contributed by atoms with Crippen molar-refractivity contribution in [1.29, 1.82) is 0 Å². The predicted molar refractivity (Wildman–Crippen MR) is 74.0 cm³/mol. The maximum Gasteiger partial charge on any atom is 0.0643 e. The molecule has 94 valence electrons. The van der Waals surface area contributed by atoms with Crippen LogP contribution in [-0.4, -0.2) is 16.7 Å². The maximum atomic E-state index is 6.27. The van der Waals surface area contributed by atoms with Crippen molar-refractivity contribution in [2.45, 2.75) is 13.0 Å². The second-order valence-electron chi connectivity index (χ2n) is 3.81. The van der Waals surface area contributed by atoms with Crippen LogP contribution in [0.1, 0.15) is 24.1 Å². The third kappa shape index (κ3) is 2.80. The molecule has 2 rings (SSSR count). The van der Waals surface area contributed by atoms with E-state index in [2.05, 4.69) is 15.5 Å². The zero-order valence-electron chi connectivity index (χ0n) is 9.90. The smallest absolute Gasteiger partial charge is 0.0643 e. The van der Waals surface area contributed by atoms with Crippen LogP contribution < -0.4 is 5.32 Å². The number of benzene rings is 1. The Balaban J connectivity index is 2.45. The third-order valence-corrected chi connectivity index (χ3v) is 3.47. The maximum absolute atomic E-state index is 6.27. The summed E-state index contributed by atoms with van der Waals surface area (Å²) >= 11 is 12.3. The highest BCUT2D eigenvalue weighted by atomic mass is 35.5. The molecule has 0 fully saturated rings. The first-order chi connectivity index (χ1) is 8.74. The van der Waals surface area contributed by atoms with Crippen molar-refractivity contribution in [3.8, 4) is 0 Å². The van der Waals surface area contributed by atoms with E-state index in [9.17, 15) is 0 Å². The van der Waals surface area contributed by atoms with Crippen molar-refractivity contribution >= 4 is 23.2 Å². The van der Waals surface area contributed by atoms with Crippen LogP contribution in [0.25, 0.3) is 0 Å². The Hall–Kier alpha value is -1.16. The van der Waals surface area contributed by atoms with Gasteiger partial charge >= 0.3 is 0 Å². The molecule has 0 spiro atoms. The highest BCUT2D eigenvalue weighted by Gasteiger charge is 2.17. The van der Waals surface area contributed by atoms with E-state index in [1.165, 1.54) is 0 Å². The fourth-order valence-electron chi connectivity index (χ4n) is 1.83. The average Bonchev–Trinajstić information content (AvgIpc) is 2.41. The number of nitrogens with one attached hydrogen (secondary N) is 1. The number of rotatable bonds is 4. The van der Waals surface area contributed by atoms with Gasteiger partial charge in [-0.15, -0.1) is 0 Å². The largest absolute Gasteiger partial charge is 0.306 e. The molecule has 0 amide bonds.